The summed E-state index contributed by atoms with van der Waals surface area (Å²) >= 11 is 0. The van der Waals surface area contributed by atoms with E-state index in [0.717, 1.165) is 24.0 Å². The average Bonchev–Trinajstić information content (AvgIpc) is 2.61. The molecule has 0 radical (unpaired) electrons. The van der Waals surface area contributed by atoms with Gasteiger partial charge in [0.2, 0.25) is 0 Å². The monoisotopic (exact) mass is 342 g/mol. The minimum absolute atomic E-state index is 0.0949. The fraction of sp³-hybridized carbons (Fsp3) is 0.316. The Hall–Kier alpha value is -2.89. The maximum absolute atomic E-state index is 12.2. The maximum Gasteiger partial charge on any atom is 0.311 e. The molecule has 132 valence electrons. The molecule has 6 heteroatoms. The number of hydrogen-bond donors (Lipinski definition) is 1. The highest BCUT2D eigenvalue weighted by Gasteiger charge is 2.18. The molecule has 0 aliphatic rings. The maximum atomic E-state index is 12.2. The summed E-state index contributed by atoms with van der Waals surface area (Å²) in [5.41, 5.74) is 1.65. The Morgan fingerprint density at radius 3 is 2.60 bits per heavy atom. The molecule has 0 fully saturated rings. The van der Waals surface area contributed by atoms with Crippen molar-refractivity contribution in [1.82, 2.24) is 5.32 Å². The summed E-state index contributed by atoms with van der Waals surface area (Å²) in [5, 5.41) is 14.0. The third-order valence-electron chi connectivity index (χ3n) is 3.78. The molecule has 1 atom stereocenters. The lowest BCUT2D eigenvalue weighted by Gasteiger charge is -2.18. The summed E-state index contributed by atoms with van der Waals surface area (Å²) in [6.07, 6.45) is 1.73. The Labute approximate surface area is 147 Å². The first kappa shape index (κ1) is 18.4. The zero-order chi connectivity index (χ0) is 18.2. The van der Waals surface area contributed by atoms with Gasteiger partial charge in [-0.05, 0) is 30.5 Å². The lowest BCUT2D eigenvalue weighted by Crippen LogP contribution is -2.32. The van der Waals surface area contributed by atoms with Crippen LogP contribution in [0.2, 0.25) is 0 Å². The Balaban J connectivity index is 2.01. The predicted molar refractivity (Wildman–Crippen MR) is 95.6 cm³/mol. The van der Waals surface area contributed by atoms with Crippen molar-refractivity contribution in [3.63, 3.8) is 0 Å². The molecule has 0 saturated heterocycles. The van der Waals surface area contributed by atoms with E-state index in [9.17, 15) is 14.9 Å². The van der Waals surface area contributed by atoms with Gasteiger partial charge >= 0.3 is 5.69 Å². The molecule has 1 N–H and O–H groups in total. The molecule has 2 aromatic carbocycles. The standard InChI is InChI=1S/C19H22N2O4/c1-3-7-16(15-8-5-4-6-9-15)20-19(22)13-25-18-11-10-14(2)12-17(18)21(23)24/h4-6,8-12,16H,3,7,13H2,1-2H3,(H,20,22)/t16-/m0/s1. The highest BCUT2D eigenvalue weighted by Crippen LogP contribution is 2.27. The number of carbonyl (C=O) groups excluding carboxylic acids is 1. The third kappa shape index (κ3) is 5.31. The minimum atomic E-state index is -0.510. The zero-order valence-corrected chi connectivity index (χ0v) is 14.4. The second-order valence-electron chi connectivity index (χ2n) is 5.84. The van der Waals surface area contributed by atoms with Crippen molar-refractivity contribution in [2.24, 2.45) is 0 Å². The zero-order valence-electron chi connectivity index (χ0n) is 14.4. The first-order valence-corrected chi connectivity index (χ1v) is 8.23. The van der Waals surface area contributed by atoms with Gasteiger partial charge in [0.25, 0.3) is 5.91 Å². The van der Waals surface area contributed by atoms with Crippen LogP contribution in [-0.4, -0.2) is 17.4 Å². The summed E-state index contributed by atoms with van der Waals surface area (Å²) in [6, 6.07) is 14.3. The van der Waals surface area contributed by atoms with Crippen molar-refractivity contribution in [3.8, 4) is 5.75 Å². The quantitative estimate of drug-likeness (QED) is 0.582. The summed E-state index contributed by atoms with van der Waals surface area (Å²) < 4.78 is 5.38. The molecule has 2 aromatic rings. The second kappa shape index (κ2) is 8.82. The van der Waals surface area contributed by atoms with E-state index in [1.165, 1.54) is 12.1 Å². The van der Waals surface area contributed by atoms with E-state index < -0.39 is 4.92 Å². The van der Waals surface area contributed by atoms with Crippen LogP contribution in [0.4, 0.5) is 5.69 Å². The van der Waals surface area contributed by atoms with Crippen LogP contribution in [0.1, 0.15) is 36.9 Å². The topological polar surface area (TPSA) is 81.5 Å². The van der Waals surface area contributed by atoms with Gasteiger partial charge in [0.05, 0.1) is 11.0 Å². The number of amides is 1. The van der Waals surface area contributed by atoms with Crippen LogP contribution >= 0.6 is 0 Å². The predicted octanol–water partition coefficient (Wildman–Crippen LogP) is 3.94. The molecular weight excluding hydrogens is 320 g/mol. The lowest BCUT2D eigenvalue weighted by molar-refractivity contribution is -0.385. The second-order valence-corrected chi connectivity index (χ2v) is 5.84. The average molecular weight is 342 g/mol. The molecule has 25 heavy (non-hydrogen) atoms. The highest BCUT2D eigenvalue weighted by molar-refractivity contribution is 5.78. The van der Waals surface area contributed by atoms with Gasteiger partial charge in [-0.25, -0.2) is 0 Å². The van der Waals surface area contributed by atoms with E-state index in [1.54, 1.807) is 13.0 Å². The molecule has 2 rings (SSSR count). The van der Waals surface area contributed by atoms with Crippen LogP contribution in [0, 0.1) is 17.0 Å². The molecule has 0 saturated carbocycles. The number of hydrogen-bond acceptors (Lipinski definition) is 4. The number of aryl methyl sites for hydroxylation is 1. The lowest BCUT2D eigenvalue weighted by atomic mass is 10.0. The van der Waals surface area contributed by atoms with Crippen molar-refractivity contribution in [1.29, 1.82) is 0 Å². The molecule has 0 bridgehead atoms. The Kier molecular flexibility index (Phi) is 6.51. The Morgan fingerprint density at radius 1 is 1.24 bits per heavy atom. The number of carbonyl (C=O) groups is 1. The smallest absolute Gasteiger partial charge is 0.311 e. The van der Waals surface area contributed by atoms with E-state index in [0.29, 0.717) is 0 Å². The molecule has 0 spiro atoms. The SMILES string of the molecule is CCC[C@H](NC(=O)COc1ccc(C)cc1[N+](=O)[O-])c1ccccc1. The van der Waals surface area contributed by atoms with Crippen molar-refractivity contribution in [3.05, 3.63) is 69.8 Å². The highest BCUT2D eigenvalue weighted by atomic mass is 16.6. The number of ether oxygens (including phenoxy) is 1. The van der Waals surface area contributed by atoms with Crippen LogP contribution in [0.25, 0.3) is 0 Å². The first-order chi connectivity index (χ1) is 12.0. The van der Waals surface area contributed by atoms with Crippen molar-refractivity contribution >= 4 is 11.6 Å². The number of nitro benzene ring substituents is 1. The summed E-state index contributed by atoms with van der Waals surface area (Å²) in [4.78, 5) is 22.8. The molecular formula is C19H22N2O4. The summed E-state index contributed by atoms with van der Waals surface area (Å²) in [6.45, 7) is 3.55. The van der Waals surface area contributed by atoms with Gasteiger partial charge < -0.3 is 10.1 Å². The molecule has 6 nitrogen and oxygen atoms in total. The molecule has 0 aliphatic carbocycles. The van der Waals surface area contributed by atoms with E-state index in [1.807, 2.05) is 37.3 Å². The number of nitro groups is 1. The normalized spacial score (nSPS) is 11.6. The van der Waals surface area contributed by atoms with Gasteiger partial charge in [-0.15, -0.1) is 0 Å². The molecule has 0 aromatic heterocycles. The molecule has 1 amide bonds. The van der Waals surface area contributed by atoms with Crippen LogP contribution in [0.15, 0.2) is 48.5 Å². The van der Waals surface area contributed by atoms with Crippen molar-refractivity contribution < 1.29 is 14.5 Å². The Bertz CT molecular complexity index is 731. The largest absolute Gasteiger partial charge is 0.477 e. The van der Waals surface area contributed by atoms with Gasteiger partial charge in [0.1, 0.15) is 0 Å². The van der Waals surface area contributed by atoms with Gasteiger partial charge in [-0.3, -0.25) is 14.9 Å². The van der Waals surface area contributed by atoms with Gasteiger partial charge in [0.15, 0.2) is 12.4 Å². The fourth-order valence-corrected chi connectivity index (χ4v) is 2.57. The number of rotatable bonds is 8. The Morgan fingerprint density at radius 2 is 1.96 bits per heavy atom. The van der Waals surface area contributed by atoms with Gasteiger partial charge in [0, 0.05) is 6.07 Å². The van der Waals surface area contributed by atoms with Gasteiger partial charge in [-0.2, -0.15) is 0 Å². The van der Waals surface area contributed by atoms with E-state index in [2.05, 4.69) is 5.32 Å². The number of nitrogens with zero attached hydrogens (tertiary/aromatic N) is 1. The van der Waals surface area contributed by atoms with Crippen molar-refractivity contribution in [2.45, 2.75) is 32.7 Å². The van der Waals surface area contributed by atoms with Gasteiger partial charge in [-0.1, -0.05) is 49.7 Å². The van der Waals surface area contributed by atoms with Crippen LogP contribution in [0.3, 0.4) is 0 Å². The third-order valence-corrected chi connectivity index (χ3v) is 3.78. The van der Waals surface area contributed by atoms with Crippen LogP contribution in [-0.2, 0) is 4.79 Å². The van der Waals surface area contributed by atoms with Crippen LogP contribution in [0.5, 0.6) is 5.75 Å². The first-order valence-electron chi connectivity index (χ1n) is 8.23. The number of nitrogens with one attached hydrogen (secondary N) is 1. The van der Waals surface area contributed by atoms with Crippen LogP contribution < -0.4 is 10.1 Å². The van der Waals surface area contributed by atoms with E-state index >= 15 is 0 Å². The van der Waals surface area contributed by atoms with E-state index in [-0.39, 0.29) is 30.0 Å². The molecule has 0 heterocycles. The molecule has 0 aliphatic heterocycles. The van der Waals surface area contributed by atoms with Crippen molar-refractivity contribution in [2.75, 3.05) is 6.61 Å². The van der Waals surface area contributed by atoms with E-state index in [4.69, 9.17) is 4.74 Å². The minimum Gasteiger partial charge on any atom is -0.477 e. The fourth-order valence-electron chi connectivity index (χ4n) is 2.57. The summed E-state index contributed by atoms with van der Waals surface area (Å²) in [7, 11) is 0. The number of benzene rings is 2. The molecule has 0 unspecified atom stereocenters. The summed E-state index contributed by atoms with van der Waals surface area (Å²) in [5.74, 6) is -0.213.